The molecule has 3 atom stereocenters. The van der Waals surface area contributed by atoms with Gasteiger partial charge in [-0.15, -0.1) is 0 Å². The lowest BCUT2D eigenvalue weighted by Gasteiger charge is -2.32. The molecule has 0 heterocycles. The van der Waals surface area contributed by atoms with Gasteiger partial charge in [-0.1, -0.05) is 44.2 Å². The zero-order valence-corrected chi connectivity index (χ0v) is 24.2. The lowest BCUT2D eigenvalue weighted by molar-refractivity contribution is -0.153. The number of esters is 1. The summed E-state index contributed by atoms with van der Waals surface area (Å²) in [7, 11) is 0. The van der Waals surface area contributed by atoms with E-state index in [1.807, 2.05) is 0 Å². The maximum absolute atomic E-state index is 13.6. The van der Waals surface area contributed by atoms with E-state index < -0.39 is 65.5 Å². The van der Waals surface area contributed by atoms with Crippen LogP contribution in [0.5, 0.6) is 0 Å². The number of Topliss-reactive ketones (excluding diaryl/α,β-unsaturated/α-hetero) is 1. The number of alkyl carbamates (subject to hydrolysis) is 1. The van der Waals surface area contributed by atoms with E-state index in [9.17, 15) is 24.0 Å². The molecule has 0 bridgehead atoms. The predicted molar refractivity (Wildman–Crippen MR) is 144 cm³/mol. The quantitative estimate of drug-likeness (QED) is 0.294. The van der Waals surface area contributed by atoms with Gasteiger partial charge in [-0.2, -0.15) is 0 Å². The highest BCUT2D eigenvalue weighted by molar-refractivity contribution is 6.00. The van der Waals surface area contributed by atoms with Crippen molar-refractivity contribution in [3.63, 3.8) is 0 Å². The number of ether oxygens (including phenoxy) is 3. The Morgan fingerprint density at radius 3 is 2.08 bits per heavy atom. The van der Waals surface area contributed by atoms with E-state index in [-0.39, 0.29) is 19.6 Å². The summed E-state index contributed by atoms with van der Waals surface area (Å²) in [5.41, 5.74) is 6.07. The Morgan fingerprint density at radius 1 is 0.974 bits per heavy atom. The van der Waals surface area contributed by atoms with Crippen LogP contribution in [0.15, 0.2) is 30.3 Å². The van der Waals surface area contributed by atoms with E-state index in [1.54, 1.807) is 78.8 Å². The Hall–Kier alpha value is -3.47. The zero-order chi connectivity index (χ0) is 29.9. The van der Waals surface area contributed by atoms with E-state index >= 15 is 0 Å². The first-order valence-corrected chi connectivity index (χ1v) is 13.0. The lowest BCUT2D eigenvalue weighted by Crippen LogP contribution is -2.54. The molecule has 0 radical (unpaired) electrons. The highest BCUT2D eigenvalue weighted by Gasteiger charge is 2.41. The van der Waals surface area contributed by atoms with Crippen molar-refractivity contribution in [2.75, 3.05) is 6.54 Å². The summed E-state index contributed by atoms with van der Waals surface area (Å²) in [5.74, 6) is -3.55. The van der Waals surface area contributed by atoms with E-state index in [0.717, 1.165) is 0 Å². The molecule has 0 aliphatic rings. The van der Waals surface area contributed by atoms with E-state index in [2.05, 4.69) is 5.32 Å². The summed E-state index contributed by atoms with van der Waals surface area (Å²) in [5, 5.41) is 2.46. The highest BCUT2D eigenvalue weighted by Crippen LogP contribution is 2.22. The number of carbonyl (C=O) groups is 5. The molecule has 3 N–H and O–H groups in total. The standard InChI is InChI=1S/C28H43N3O8/c1-17(2)22(23(29)25(34)38-18(3)4)24(33)19(5)31(27(36)37-16-20-12-10-9-11-13-20)21(32)14-15-30-26(35)39-28(6,7)8/h9-13,17-19,22-23H,14-16,29H2,1-8H3,(H,30,35)/t19-,22?,23-/m0/s1. The van der Waals surface area contributed by atoms with Crippen LogP contribution in [-0.2, 0) is 35.2 Å². The van der Waals surface area contributed by atoms with Gasteiger partial charge in [-0.3, -0.25) is 14.4 Å². The van der Waals surface area contributed by atoms with Crippen molar-refractivity contribution >= 4 is 29.8 Å². The molecule has 11 heteroatoms. The Morgan fingerprint density at radius 2 is 1.56 bits per heavy atom. The minimum absolute atomic E-state index is 0.131. The first-order chi connectivity index (χ1) is 18.0. The van der Waals surface area contributed by atoms with E-state index in [1.165, 1.54) is 6.92 Å². The highest BCUT2D eigenvalue weighted by atomic mass is 16.6. The summed E-state index contributed by atoms with van der Waals surface area (Å²) < 4.78 is 15.7. The molecular weight excluding hydrogens is 506 g/mol. The van der Waals surface area contributed by atoms with Crippen LogP contribution in [0, 0.1) is 11.8 Å². The molecule has 0 aliphatic carbocycles. The van der Waals surface area contributed by atoms with Gasteiger partial charge < -0.3 is 25.3 Å². The molecule has 0 aliphatic heterocycles. The largest absolute Gasteiger partial charge is 0.462 e. The maximum Gasteiger partial charge on any atom is 0.417 e. The van der Waals surface area contributed by atoms with Crippen LogP contribution in [0.1, 0.15) is 67.4 Å². The first-order valence-electron chi connectivity index (χ1n) is 13.0. The molecule has 0 fully saturated rings. The van der Waals surface area contributed by atoms with Gasteiger partial charge in [-0.25, -0.2) is 14.5 Å². The second kappa shape index (κ2) is 15.2. The number of benzene rings is 1. The molecular formula is C28H43N3O8. The third-order valence-corrected chi connectivity index (χ3v) is 5.53. The molecule has 1 aromatic rings. The maximum atomic E-state index is 13.6. The average molecular weight is 550 g/mol. The molecule has 0 saturated heterocycles. The van der Waals surface area contributed by atoms with Crippen molar-refractivity contribution in [1.82, 2.24) is 10.2 Å². The summed E-state index contributed by atoms with van der Waals surface area (Å²) >= 11 is 0. The fourth-order valence-corrected chi connectivity index (χ4v) is 3.75. The number of imide groups is 1. The summed E-state index contributed by atoms with van der Waals surface area (Å²) in [4.78, 5) is 65.1. The molecule has 0 aromatic heterocycles. The third-order valence-electron chi connectivity index (χ3n) is 5.53. The van der Waals surface area contributed by atoms with Gasteiger partial charge in [0.2, 0.25) is 5.91 Å². The fourth-order valence-electron chi connectivity index (χ4n) is 3.75. The van der Waals surface area contributed by atoms with Crippen molar-refractivity contribution in [3.05, 3.63) is 35.9 Å². The number of rotatable bonds is 12. The molecule has 0 saturated carbocycles. The van der Waals surface area contributed by atoms with Gasteiger partial charge >= 0.3 is 18.2 Å². The van der Waals surface area contributed by atoms with Crippen LogP contribution < -0.4 is 11.1 Å². The van der Waals surface area contributed by atoms with Crippen LogP contribution in [0.25, 0.3) is 0 Å². The van der Waals surface area contributed by atoms with Gasteiger partial charge in [0.1, 0.15) is 18.2 Å². The van der Waals surface area contributed by atoms with Gasteiger partial charge in [-0.05, 0) is 53.0 Å². The molecule has 39 heavy (non-hydrogen) atoms. The minimum atomic E-state index is -1.31. The number of nitrogens with two attached hydrogens (primary N) is 1. The lowest BCUT2D eigenvalue weighted by atomic mass is 9.82. The number of nitrogens with zero attached hydrogens (tertiary/aromatic N) is 1. The Bertz CT molecular complexity index is 988. The fraction of sp³-hybridized carbons (Fsp3) is 0.607. The van der Waals surface area contributed by atoms with Gasteiger partial charge in [0.25, 0.3) is 0 Å². The van der Waals surface area contributed by atoms with E-state index in [4.69, 9.17) is 19.9 Å². The molecule has 218 valence electrons. The van der Waals surface area contributed by atoms with Crippen LogP contribution >= 0.6 is 0 Å². The smallest absolute Gasteiger partial charge is 0.417 e. The normalized spacial score (nSPS) is 13.7. The van der Waals surface area contributed by atoms with Crippen LogP contribution in [-0.4, -0.2) is 65.1 Å². The van der Waals surface area contributed by atoms with Crippen LogP contribution in [0.2, 0.25) is 0 Å². The van der Waals surface area contributed by atoms with Crippen molar-refractivity contribution < 1.29 is 38.2 Å². The van der Waals surface area contributed by atoms with Gasteiger partial charge in [0, 0.05) is 18.9 Å². The van der Waals surface area contributed by atoms with Crippen molar-refractivity contribution in [2.45, 2.75) is 92.2 Å². The number of amides is 3. The van der Waals surface area contributed by atoms with Crippen molar-refractivity contribution in [1.29, 1.82) is 0 Å². The summed E-state index contributed by atoms with van der Waals surface area (Å²) in [6, 6.07) is 6.22. The first kappa shape index (κ1) is 33.6. The molecule has 0 spiro atoms. The Kier molecular flexibility index (Phi) is 13.1. The second-order valence-electron chi connectivity index (χ2n) is 10.8. The van der Waals surface area contributed by atoms with E-state index in [0.29, 0.717) is 10.5 Å². The monoisotopic (exact) mass is 549 g/mol. The number of hydrogen-bond donors (Lipinski definition) is 2. The number of ketones is 1. The van der Waals surface area contributed by atoms with Gasteiger partial charge in [0.05, 0.1) is 12.1 Å². The minimum Gasteiger partial charge on any atom is -0.462 e. The second-order valence-corrected chi connectivity index (χ2v) is 10.8. The summed E-state index contributed by atoms with van der Waals surface area (Å²) in [6.07, 6.45) is -2.52. The number of nitrogens with one attached hydrogen (secondary N) is 1. The Labute approximate surface area is 230 Å². The molecule has 11 nitrogen and oxygen atoms in total. The number of hydrogen-bond acceptors (Lipinski definition) is 9. The number of carbonyl (C=O) groups excluding carboxylic acids is 5. The molecule has 1 aromatic carbocycles. The SMILES string of the molecule is CC(C)OC(=O)[C@@H](N)C(C(=O)[C@H](C)N(C(=O)CCNC(=O)OC(C)(C)C)C(=O)OCc1ccccc1)C(C)C. The molecule has 1 unspecified atom stereocenters. The third kappa shape index (κ3) is 11.4. The van der Waals surface area contributed by atoms with Crippen LogP contribution in [0.3, 0.4) is 0 Å². The predicted octanol–water partition coefficient (Wildman–Crippen LogP) is 3.58. The van der Waals surface area contributed by atoms with Crippen molar-refractivity contribution in [2.24, 2.45) is 17.6 Å². The molecule has 3 amide bonds. The van der Waals surface area contributed by atoms with Gasteiger partial charge in [0.15, 0.2) is 5.78 Å². The molecule has 1 rings (SSSR count). The van der Waals surface area contributed by atoms with Crippen molar-refractivity contribution in [3.8, 4) is 0 Å². The Balaban J connectivity index is 3.14. The topological polar surface area (TPSA) is 154 Å². The van der Waals surface area contributed by atoms with Crippen LogP contribution in [0.4, 0.5) is 9.59 Å². The average Bonchev–Trinajstić information content (AvgIpc) is 2.81. The summed E-state index contributed by atoms with van der Waals surface area (Å²) in [6.45, 7) is 12.9. The zero-order valence-electron chi connectivity index (χ0n) is 24.2.